The van der Waals surface area contributed by atoms with Gasteiger partial charge in [-0.1, -0.05) is 36.8 Å². The maximum absolute atomic E-state index is 12.8. The van der Waals surface area contributed by atoms with Gasteiger partial charge >= 0.3 is 0 Å². The van der Waals surface area contributed by atoms with Crippen LogP contribution in [-0.4, -0.2) is 46.5 Å². The fourth-order valence-electron chi connectivity index (χ4n) is 3.30. The molecule has 0 fully saturated rings. The molecular weight excluding hydrogens is 440 g/mol. The van der Waals surface area contributed by atoms with Crippen LogP contribution in [0.2, 0.25) is 0 Å². The molecule has 3 aromatic rings. The summed E-state index contributed by atoms with van der Waals surface area (Å²) in [7, 11) is 0.0223. The van der Waals surface area contributed by atoms with Crippen molar-refractivity contribution in [3.63, 3.8) is 0 Å². The molecule has 0 bridgehead atoms. The largest absolute Gasteiger partial charge is 0.494 e. The molecule has 0 aliphatic carbocycles. The summed E-state index contributed by atoms with van der Waals surface area (Å²) in [6, 6.07) is 16.8. The van der Waals surface area contributed by atoms with E-state index in [1.807, 2.05) is 50.2 Å². The lowest BCUT2D eigenvalue weighted by atomic mass is 10.1. The lowest BCUT2D eigenvalue weighted by Crippen LogP contribution is -2.34. The maximum Gasteiger partial charge on any atom is 0.287 e. The minimum absolute atomic E-state index is 0.0542. The molecular formula is C25H30N2O5S. The third-order valence-corrected chi connectivity index (χ3v) is 6.86. The van der Waals surface area contributed by atoms with Crippen LogP contribution in [0.4, 0.5) is 0 Å². The smallest absolute Gasteiger partial charge is 0.287 e. The average Bonchev–Trinajstić information content (AvgIpc) is 3.30. The zero-order valence-electron chi connectivity index (χ0n) is 19.4. The van der Waals surface area contributed by atoms with Gasteiger partial charge in [-0.3, -0.25) is 4.79 Å². The summed E-state index contributed by atoms with van der Waals surface area (Å²) in [5.41, 5.74) is 1.97. The Morgan fingerprint density at radius 3 is 2.30 bits per heavy atom. The minimum atomic E-state index is -3.83. The van der Waals surface area contributed by atoms with Crippen LogP contribution in [0.3, 0.4) is 0 Å². The van der Waals surface area contributed by atoms with Crippen molar-refractivity contribution in [3.05, 3.63) is 77.6 Å². The number of nitrogens with zero attached hydrogens (tertiary/aromatic N) is 1. The summed E-state index contributed by atoms with van der Waals surface area (Å²) < 4.78 is 36.6. The van der Waals surface area contributed by atoms with Crippen LogP contribution in [0.15, 0.2) is 75.1 Å². The quantitative estimate of drug-likeness (QED) is 0.477. The molecule has 33 heavy (non-hydrogen) atoms. The Bertz CT molecular complexity index is 1170. The first-order chi connectivity index (χ1) is 15.7. The van der Waals surface area contributed by atoms with E-state index in [0.717, 1.165) is 23.3 Å². The number of amides is 1. The number of likely N-dealkylation sites (N-methyl/N-ethyl adjacent to an activating group) is 1. The van der Waals surface area contributed by atoms with Gasteiger partial charge in [0.1, 0.15) is 5.75 Å². The molecule has 1 unspecified atom stereocenters. The average molecular weight is 471 g/mol. The maximum atomic E-state index is 12.8. The highest BCUT2D eigenvalue weighted by molar-refractivity contribution is 7.91. The summed E-state index contributed by atoms with van der Waals surface area (Å²) in [6.45, 7) is 4.92. The second-order valence-electron chi connectivity index (χ2n) is 8.04. The Kier molecular flexibility index (Phi) is 7.94. The van der Waals surface area contributed by atoms with Crippen LogP contribution in [0.25, 0.3) is 0 Å². The van der Waals surface area contributed by atoms with Crippen LogP contribution in [0.5, 0.6) is 5.75 Å². The van der Waals surface area contributed by atoms with Gasteiger partial charge in [-0.15, -0.1) is 0 Å². The third kappa shape index (κ3) is 6.03. The molecule has 176 valence electrons. The van der Waals surface area contributed by atoms with Crippen LogP contribution in [0.1, 0.15) is 41.1 Å². The molecule has 1 aromatic heterocycles. The number of hydrogen-bond acceptors (Lipinski definition) is 6. The van der Waals surface area contributed by atoms with E-state index in [9.17, 15) is 13.2 Å². The molecule has 1 heterocycles. The van der Waals surface area contributed by atoms with Gasteiger partial charge in [0.05, 0.1) is 17.5 Å². The Morgan fingerprint density at radius 1 is 1.03 bits per heavy atom. The number of carbonyl (C=O) groups is 1. The summed E-state index contributed by atoms with van der Waals surface area (Å²) in [5.74, 6) is 0.275. The normalized spacial score (nSPS) is 12.5. The van der Waals surface area contributed by atoms with E-state index < -0.39 is 15.7 Å². The molecule has 0 aliphatic rings. The number of aryl methyl sites for hydroxylation is 1. The number of rotatable bonds is 10. The number of furan rings is 1. The highest BCUT2D eigenvalue weighted by atomic mass is 32.2. The first-order valence-electron chi connectivity index (χ1n) is 10.8. The molecule has 0 radical (unpaired) electrons. The fraction of sp³-hybridized carbons (Fsp3) is 0.320. The number of carbonyl (C=O) groups excluding carboxylic acids is 1. The van der Waals surface area contributed by atoms with Gasteiger partial charge in [0.2, 0.25) is 14.9 Å². The first-order valence-corrected chi connectivity index (χ1v) is 12.3. The molecule has 3 rings (SSSR count). The van der Waals surface area contributed by atoms with E-state index in [0.29, 0.717) is 13.2 Å². The summed E-state index contributed by atoms with van der Waals surface area (Å²) in [4.78, 5) is 14.8. The van der Waals surface area contributed by atoms with Gasteiger partial charge in [-0.25, -0.2) is 8.42 Å². The lowest BCUT2D eigenvalue weighted by Gasteiger charge is -2.25. The van der Waals surface area contributed by atoms with Crippen LogP contribution in [-0.2, 0) is 9.84 Å². The topological polar surface area (TPSA) is 88.8 Å². The van der Waals surface area contributed by atoms with Crippen LogP contribution < -0.4 is 10.1 Å². The Balaban J connectivity index is 1.68. The zero-order valence-corrected chi connectivity index (χ0v) is 20.2. The highest BCUT2D eigenvalue weighted by Crippen LogP contribution is 2.24. The third-order valence-electron chi connectivity index (χ3n) is 5.22. The van der Waals surface area contributed by atoms with Crippen molar-refractivity contribution in [2.24, 2.45) is 0 Å². The Hall–Kier alpha value is -3.10. The number of hydrogen-bond donors (Lipinski definition) is 1. The molecule has 2 aromatic carbocycles. The minimum Gasteiger partial charge on any atom is -0.494 e. The predicted octanol–water partition coefficient (Wildman–Crippen LogP) is 4.24. The number of sulfone groups is 1. The van der Waals surface area contributed by atoms with E-state index in [1.54, 1.807) is 12.1 Å². The Labute approximate surface area is 195 Å². The molecule has 1 atom stereocenters. The van der Waals surface area contributed by atoms with Gasteiger partial charge in [0.25, 0.3) is 5.91 Å². The highest BCUT2D eigenvalue weighted by Gasteiger charge is 2.24. The van der Waals surface area contributed by atoms with E-state index in [1.165, 1.54) is 24.3 Å². The number of nitrogens with one attached hydrogen (secondary N) is 1. The van der Waals surface area contributed by atoms with Gasteiger partial charge in [-0.05, 0) is 69.4 Å². The SMILES string of the molecule is CCCOc1ccc(C(CNC(=O)c2ccc(S(=O)(=O)c3ccc(C)cc3)o2)N(C)C)cc1. The molecule has 0 saturated carbocycles. The van der Waals surface area contributed by atoms with E-state index >= 15 is 0 Å². The standard InChI is InChI=1S/C25H30N2O5S/c1-5-16-31-20-10-8-19(9-11-20)22(27(3)4)17-26-25(28)23-14-15-24(32-23)33(29,30)21-12-6-18(2)7-13-21/h6-15,22H,5,16-17H2,1-4H3,(H,26,28). The molecule has 1 amide bonds. The monoisotopic (exact) mass is 470 g/mol. The van der Waals surface area contributed by atoms with Crippen LogP contribution >= 0.6 is 0 Å². The van der Waals surface area contributed by atoms with E-state index in [2.05, 4.69) is 12.2 Å². The van der Waals surface area contributed by atoms with Gasteiger partial charge in [0, 0.05) is 6.54 Å². The second-order valence-corrected chi connectivity index (χ2v) is 9.92. The van der Waals surface area contributed by atoms with Crippen molar-refractivity contribution in [3.8, 4) is 5.75 Å². The summed E-state index contributed by atoms with van der Waals surface area (Å²) in [6.07, 6.45) is 0.939. The van der Waals surface area contributed by atoms with Gasteiger partial charge in [0.15, 0.2) is 5.76 Å². The molecule has 1 N–H and O–H groups in total. The molecule has 7 nitrogen and oxygen atoms in total. The van der Waals surface area contributed by atoms with E-state index in [-0.39, 0.29) is 21.8 Å². The summed E-state index contributed by atoms with van der Waals surface area (Å²) >= 11 is 0. The van der Waals surface area contributed by atoms with Crippen LogP contribution in [0, 0.1) is 6.92 Å². The van der Waals surface area contributed by atoms with Crippen molar-refractivity contribution < 1.29 is 22.4 Å². The van der Waals surface area contributed by atoms with Crippen molar-refractivity contribution in [2.75, 3.05) is 27.2 Å². The first kappa shape index (κ1) is 24.5. The number of benzene rings is 2. The second kappa shape index (κ2) is 10.7. The van der Waals surface area contributed by atoms with Crippen molar-refractivity contribution in [2.45, 2.75) is 36.3 Å². The van der Waals surface area contributed by atoms with Crippen molar-refractivity contribution in [1.29, 1.82) is 0 Å². The predicted molar refractivity (Wildman–Crippen MR) is 126 cm³/mol. The zero-order chi connectivity index (χ0) is 24.0. The molecule has 8 heteroatoms. The molecule has 0 spiro atoms. The number of ether oxygens (including phenoxy) is 1. The van der Waals surface area contributed by atoms with Crippen molar-refractivity contribution >= 4 is 15.7 Å². The lowest BCUT2D eigenvalue weighted by molar-refractivity contribution is 0.0908. The molecule has 0 saturated heterocycles. The van der Waals surface area contributed by atoms with Crippen molar-refractivity contribution in [1.82, 2.24) is 10.2 Å². The van der Waals surface area contributed by atoms with E-state index in [4.69, 9.17) is 9.15 Å². The Morgan fingerprint density at radius 2 is 1.70 bits per heavy atom. The molecule has 0 aliphatic heterocycles. The fourth-order valence-corrected chi connectivity index (χ4v) is 4.47. The summed E-state index contributed by atoms with van der Waals surface area (Å²) in [5, 5.41) is 2.58. The van der Waals surface area contributed by atoms with Gasteiger partial charge in [-0.2, -0.15) is 0 Å². The van der Waals surface area contributed by atoms with Gasteiger partial charge < -0.3 is 19.4 Å².